The Bertz CT molecular complexity index is 466. The van der Waals surface area contributed by atoms with Gasteiger partial charge in [0.1, 0.15) is 10.6 Å². The molecule has 0 aliphatic carbocycles. The summed E-state index contributed by atoms with van der Waals surface area (Å²) in [5.74, 6) is 0. The quantitative estimate of drug-likeness (QED) is 0.394. The van der Waals surface area contributed by atoms with Gasteiger partial charge in [-0.25, -0.2) is 4.68 Å². The summed E-state index contributed by atoms with van der Waals surface area (Å²) in [7, 11) is 0. The third-order valence-electron chi connectivity index (χ3n) is 2.60. The van der Waals surface area contributed by atoms with Gasteiger partial charge in [0.25, 0.3) is 5.56 Å². The van der Waals surface area contributed by atoms with E-state index in [1.165, 1.54) is 6.20 Å². The molecule has 108 valence electrons. The van der Waals surface area contributed by atoms with Gasteiger partial charge in [-0.3, -0.25) is 4.79 Å². The van der Waals surface area contributed by atoms with Gasteiger partial charge in [-0.1, -0.05) is 11.6 Å². The molecular weight excluding hydrogens is 278 g/mol. The van der Waals surface area contributed by atoms with Gasteiger partial charge < -0.3 is 25.7 Å². The van der Waals surface area contributed by atoms with Gasteiger partial charge >= 0.3 is 0 Å². The SMILES string of the molecule is O=c1c(Cl)c(NC(CO)(CO)CO)cnn1CCO. The van der Waals surface area contributed by atoms with Crippen molar-refractivity contribution < 1.29 is 20.4 Å². The van der Waals surface area contributed by atoms with Crippen LogP contribution in [0.25, 0.3) is 0 Å². The molecule has 0 saturated heterocycles. The average molecular weight is 294 g/mol. The van der Waals surface area contributed by atoms with Crippen LogP contribution in [0.1, 0.15) is 0 Å². The summed E-state index contributed by atoms with van der Waals surface area (Å²) in [5, 5.41) is 42.4. The molecule has 1 heterocycles. The van der Waals surface area contributed by atoms with Crippen LogP contribution in [0.15, 0.2) is 11.0 Å². The molecule has 1 rings (SSSR count). The topological polar surface area (TPSA) is 128 Å². The molecule has 0 aliphatic heterocycles. The zero-order valence-corrected chi connectivity index (χ0v) is 10.8. The molecule has 5 N–H and O–H groups in total. The van der Waals surface area contributed by atoms with Crippen LogP contribution in [0.5, 0.6) is 0 Å². The van der Waals surface area contributed by atoms with Crippen LogP contribution in [0.3, 0.4) is 0 Å². The van der Waals surface area contributed by atoms with Crippen LogP contribution in [0, 0.1) is 0 Å². The van der Waals surface area contributed by atoms with E-state index in [2.05, 4.69) is 10.4 Å². The maximum Gasteiger partial charge on any atom is 0.287 e. The molecule has 9 heteroatoms. The van der Waals surface area contributed by atoms with Gasteiger partial charge in [-0.05, 0) is 0 Å². The minimum absolute atomic E-state index is 0.00394. The summed E-state index contributed by atoms with van der Waals surface area (Å²) < 4.78 is 0.978. The Morgan fingerprint density at radius 1 is 1.26 bits per heavy atom. The second-order valence-electron chi connectivity index (χ2n) is 4.00. The van der Waals surface area contributed by atoms with Crippen LogP contribution < -0.4 is 10.9 Å². The first-order chi connectivity index (χ1) is 9.03. The zero-order chi connectivity index (χ0) is 14.5. The summed E-state index contributed by atoms with van der Waals surface area (Å²) in [6, 6.07) is 0. The molecule has 19 heavy (non-hydrogen) atoms. The molecule has 0 bridgehead atoms. The van der Waals surface area contributed by atoms with Gasteiger partial charge in [-0.15, -0.1) is 0 Å². The molecule has 0 atom stereocenters. The molecule has 1 aromatic rings. The number of nitrogens with one attached hydrogen (secondary N) is 1. The third-order valence-corrected chi connectivity index (χ3v) is 2.97. The zero-order valence-electron chi connectivity index (χ0n) is 10.1. The van der Waals surface area contributed by atoms with E-state index in [4.69, 9.17) is 16.7 Å². The number of aromatic nitrogens is 2. The van der Waals surface area contributed by atoms with Crippen LogP contribution >= 0.6 is 11.6 Å². The fourth-order valence-corrected chi connectivity index (χ4v) is 1.55. The van der Waals surface area contributed by atoms with Crippen molar-refractivity contribution in [3.63, 3.8) is 0 Å². The molecule has 0 aromatic carbocycles. The molecule has 0 spiro atoms. The molecule has 0 amide bonds. The number of hydrogen-bond donors (Lipinski definition) is 5. The Morgan fingerprint density at radius 3 is 2.32 bits per heavy atom. The molecule has 8 nitrogen and oxygen atoms in total. The van der Waals surface area contributed by atoms with Crippen molar-refractivity contribution in [2.45, 2.75) is 12.1 Å². The van der Waals surface area contributed by atoms with E-state index in [1.54, 1.807) is 0 Å². The van der Waals surface area contributed by atoms with Gasteiger partial charge in [-0.2, -0.15) is 5.10 Å². The van der Waals surface area contributed by atoms with E-state index in [9.17, 15) is 20.1 Å². The van der Waals surface area contributed by atoms with Crippen LogP contribution in [-0.4, -0.2) is 62.2 Å². The predicted octanol–water partition coefficient (Wildman–Crippen LogP) is -1.98. The number of rotatable bonds is 7. The van der Waals surface area contributed by atoms with Gasteiger partial charge in [0, 0.05) is 0 Å². The lowest BCUT2D eigenvalue weighted by molar-refractivity contribution is 0.0833. The number of aliphatic hydroxyl groups is 4. The molecular formula is C10H16ClN3O5. The first kappa shape index (κ1) is 15.9. The molecule has 0 unspecified atom stereocenters. The van der Waals surface area contributed by atoms with E-state index in [-0.39, 0.29) is 23.9 Å². The van der Waals surface area contributed by atoms with Crippen LogP contribution in [0.4, 0.5) is 5.69 Å². The number of hydrogen-bond acceptors (Lipinski definition) is 7. The van der Waals surface area contributed by atoms with Crippen LogP contribution in [-0.2, 0) is 6.54 Å². The normalized spacial score (nSPS) is 11.6. The van der Waals surface area contributed by atoms with Crippen molar-refractivity contribution >= 4 is 17.3 Å². The highest BCUT2D eigenvalue weighted by molar-refractivity contribution is 6.32. The summed E-state index contributed by atoms with van der Waals surface area (Å²) >= 11 is 5.85. The Hall–Kier alpha value is -1.19. The number of anilines is 1. The Labute approximate surface area is 113 Å². The number of halogens is 1. The molecule has 0 fully saturated rings. The van der Waals surface area contributed by atoms with E-state index in [1.807, 2.05) is 0 Å². The largest absolute Gasteiger partial charge is 0.394 e. The predicted molar refractivity (Wildman–Crippen MR) is 68.2 cm³/mol. The van der Waals surface area contributed by atoms with Gasteiger partial charge in [0.05, 0.1) is 44.9 Å². The Morgan fingerprint density at radius 2 is 1.84 bits per heavy atom. The van der Waals surface area contributed by atoms with Crippen molar-refractivity contribution in [1.29, 1.82) is 0 Å². The lowest BCUT2D eigenvalue weighted by atomic mass is 10.0. The Balaban J connectivity index is 3.09. The number of nitrogens with zero attached hydrogens (tertiary/aromatic N) is 2. The number of aliphatic hydroxyl groups excluding tert-OH is 4. The second kappa shape index (κ2) is 6.83. The van der Waals surface area contributed by atoms with Gasteiger partial charge in [0.15, 0.2) is 0 Å². The maximum atomic E-state index is 11.8. The minimum atomic E-state index is -1.40. The van der Waals surface area contributed by atoms with Gasteiger partial charge in [0.2, 0.25) is 0 Å². The van der Waals surface area contributed by atoms with Crippen LogP contribution in [0.2, 0.25) is 5.02 Å². The lowest BCUT2D eigenvalue weighted by Gasteiger charge is -2.30. The first-order valence-corrected chi connectivity index (χ1v) is 5.88. The smallest absolute Gasteiger partial charge is 0.287 e. The fraction of sp³-hybridized carbons (Fsp3) is 0.600. The van der Waals surface area contributed by atoms with Crippen molar-refractivity contribution in [1.82, 2.24) is 9.78 Å². The highest BCUT2D eigenvalue weighted by atomic mass is 35.5. The van der Waals surface area contributed by atoms with E-state index < -0.39 is 30.9 Å². The fourth-order valence-electron chi connectivity index (χ4n) is 1.36. The van der Waals surface area contributed by atoms with E-state index in [0.29, 0.717) is 0 Å². The summed E-state index contributed by atoms with van der Waals surface area (Å²) in [6.45, 7) is -1.93. The first-order valence-electron chi connectivity index (χ1n) is 5.51. The van der Waals surface area contributed by atoms with Crippen molar-refractivity contribution in [3.05, 3.63) is 21.6 Å². The second-order valence-corrected chi connectivity index (χ2v) is 4.38. The maximum absolute atomic E-state index is 11.8. The molecule has 0 aliphatic rings. The molecule has 0 radical (unpaired) electrons. The lowest BCUT2D eigenvalue weighted by Crippen LogP contribution is -2.49. The highest BCUT2D eigenvalue weighted by Gasteiger charge is 2.29. The molecule has 1 aromatic heterocycles. The third kappa shape index (κ3) is 3.43. The standard InChI is InChI=1S/C10H16ClN3O5/c11-8-7(13-10(4-16,5-17)6-18)3-12-14(1-2-15)9(8)19/h3,13,15-18H,1-2,4-6H2. The molecule has 0 saturated carbocycles. The Kier molecular flexibility index (Phi) is 5.70. The summed E-state index contributed by atoms with van der Waals surface area (Å²) in [4.78, 5) is 11.8. The average Bonchev–Trinajstić information content (AvgIpc) is 2.44. The van der Waals surface area contributed by atoms with Crippen molar-refractivity contribution in [2.24, 2.45) is 0 Å². The van der Waals surface area contributed by atoms with Crippen molar-refractivity contribution in [3.8, 4) is 0 Å². The van der Waals surface area contributed by atoms with Crippen molar-refractivity contribution in [2.75, 3.05) is 31.7 Å². The highest BCUT2D eigenvalue weighted by Crippen LogP contribution is 2.20. The van der Waals surface area contributed by atoms with E-state index in [0.717, 1.165) is 4.68 Å². The monoisotopic (exact) mass is 293 g/mol. The summed E-state index contributed by atoms with van der Waals surface area (Å²) in [6.07, 6.45) is 1.22. The minimum Gasteiger partial charge on any atom is -0.394 e. The van der Waals surface area contributed by atoms with E-state index >= 15 is 0 Å². The summed E-state index contributed by atoms with van der Waals surface area (Å²) in [5.41, 5.74) is -1.94.